The largest absolute Gasteiger partial charge is 0.383 e. The van der Waals surface area contributed by atoms with Crippen LogP contribution in [0.4, 0.5) is 5.69 Å². The van der Waals surface area contributed by atoms with E-state index in [9.17, 15) is 9.90 Å². The van der Waals surface area contributed by atoms with Crippen molar-refractivity contribution < 1.29 is 9.90 Å². The van der Waals surface area contributed by atoms with E-state index in [-0.39, 0.29) is 5.91 Å². The number of nitrogens with zero attached hydrogens (tertiary/aromatic N) is 3. The van der Waals surface area contributed by atoms with Crippen LogP contribution in [-0.4, -0.2) is 51.5 Å². The minimum absolute atomic E-state index is 0.0540. The molecule has 1 fully saturated rings. The van der Waals surface area contributed by atoms with E-state index in [0.29, 0.717) is 11.6 Å². The number of aromatic nitrogens is 3. The van der Waals surface area contributed by atoms with Gasteiger partial charge in [0.15, 0.2) is 0 Å². The lowest BCUT2D eigenvalue weighted by Crippen LogP contribution is -2.33. The molecule has 4 aromatic rings. The Hall–Kier alpha value is -2.78. The predicted octanol–water partition coefficient (Wildman–Crippen LogP) is 5.19. The van der Waals surface area contributed by atoms with Crippen LogP contribution in [0, 0.1) is 6.92 Å². The number of aromatic amines is 1. The monoisotopic (exact) mass is 495 g/mol. The number of rotatable bonds is 6. The van der Waals surface area contributed by atoms with E-state index >= 15 is 0 Å². The first-order valence-electron chi connectivity index (χ1n) is 11.2. The van der Waals surface area contributed by atoms with E-state index in [2.05, 4.69) is 20.3 Å². The summed E-state index contributed by atoms with van der Waals surface area (Å²) in [5, 5.41) is 15.8. The third-order valence-corrected chi connectivity index (χ3v) is 7.70. The number of carbonyl (C=O) groups excluding carboxylic acids is 1. The molecule has 9 heteroatoms. The molecule has 0 spiro atoms. The Kier molecular flexibility index (Phi) is 5.93. The number of hydrogen-bond acceptors (Lipinski definition) is 6. The number of H-pyrrole nitrogens is 1. The maximum absolute atomic E-state index is 12.1. The molecule has 0 saturated heterocycles. The number of benzene rings is 1. The van der Waals surface area contributed by atoms with Crippen LogP contribution in [0.5, 0.6) is 0 Å². The zero-order valence-electron chi connectivity index (χ0n) is 19.3. The summed E-state index contributed by atoms with van der Waals surface area (Å²) in [5.74, 6) is -0.0540. The second-order valence-electron chi connectivity index (χ2n) is 9.16. The number of pyridine rings is 1. The number of fused-ring (bicyclic) bond motifs is 1. The lowest BCUT2D eigenvalue weighted by molar-refractivity contribution is -0.116. The normalized spacial score (nSPS) is 15.0. The summed E-state index contributed by atoms with van der Waals surface area (Å²) in [6.45, 7) is 2.34. The molecule has 0 bridgehead atoms. The summed E-state index contributed by atoms with van der Waals surface area (Å²) in [6, 6.07) is 7.90. The van der Waals surface area contributed by atoms with E-state index < -0.39 is 5.60 Å². The third-order valence-electron chi connectivity index (χ3n) is 6.20. The topological polar surface area (TPSA) is 94.1 Å². The van der Waals surface area contributed by atoms with E-state index in [1.807, 2.05) is 50.2 Å². The molecule has 176 valence electrons. The van der Waals surface area contributed by atoms with Crippen LogP contribution < -0.4 is 5.32 Å². The highest BCUT2D eigenvalue weighted by molar-refractivity contribution is 7.15. The van der Waals surface area contributed by atoms with E-state index in [0.717, 1.165) is 68.3 Å². The minimum Gasteiger partial charge on any atom is -0.383 e. The van der Waals surface area contributed by atoms with E-state index in [1.54, 1.807) is 12.4 Å². The van der Waals surface area contributed by atoms with Gasteiger partial charge >= 0.3 is 0 Å². The highest BCUT2D eigenvalue weighted by Gasteiger charge is 2.39. The summed E-state index contributed by atoms with van der Waals surface area (Å²) in [7, 11) is 3.72. The first kappa shape index (κ1) is 23.0. The zero-order valence-corrected chi connectivity index (χ0v) is 20.8. The number of hydrogen-bond donors (Lipinski definition) is 3. The van der Waals surface area contributed by atoms with Gasteiger partial charge in [0.25, 0.3) is 0 Å². The molecule has 3 heterocycles. The van der Waals surface area contributed by atoms with Gasteiger partial charge in [-0.05, 0) is 64.0 Å². The van der Waals surface area contributed by atoms with Gasteiger partial charge in [0, 0.05) is 40.3 Å². The molecule has 3 aromatic heterocycles. The highest BCUT2D eigenvalue weighted by Crippen LogP contribution is 2.46. The van der Waals surface area contributed by atoms with Crippen molar-refractivity contribution >= 4 is 45.6 Å². The summed E-state index contributed by atoms with van der Waals surface area (Å²) in [6.07, 6.45) is 5.95. The Morgan fingerprint density at radius 3 is 2.74 bits per heavy atom. The van der Waals surface area contributed by atoms with Gasteiger partial charge in [-0.2, -0.15) is 0 Å². The second kappa shape index (κ2) is 8.78. The SMILES string of the molecule is Cc1cc(NC(=O)CN(C)C)ccc1-c1cc2c(-c3cnc(C4(O)CCC4)s3)c(Cl)cnc2[nH]1. The molecule has 7 nitrogen and oxygen atoms in total. The van der Waals surface area contributed by atoms with Crippen LogP contribution in [0.2, 0.25) is 5.02 Å². The highest BCUT2D eigenvalue weighted by atomic mass is 35.5. The number of aryl methyl sites for hydroxylation is 1. The van der Waals surface area contributed by atoms with Crippen LogP contribution in [0.3, 0.4) is 0 Å². The van der Waals surface area contributed by atoms with Crippen LogP contribution in [0.15, 0.2) is 36.7 Å². The molecule has 5 rings (SSSR count). The molecule has 0 atom stereocenters. The van der Waals surface area contributed by atoms with Crippen LogP contribution >= 0.6 is 22.9 Å². The van der Waals surface area contributed by atoms with E-state index in [4.69, 9.17) is 11.6 Å². The van der Waals surface area contributed by atoms with Gasteiger partial charge in [-0.1, -0.05) is 17.7 Å². The fourth-order valence-electron chi connectivity index (χ4n) is 4.31. The lowest BCUT2D eigenvalue weighted by Gasteiger charge is -2.34. The van der Waals surface area contributed by atoms with Crippen molar-refractivity contribution in [3.05, 3.63) is 52.3 Å². The fourth-order valence-corrected chi connectivity index (χ4v) is 5.75. The average molecular weight is 496 g/mol. The van der Waals surface area contributed by atoms with Crippen molar-refractivity contribution in [2.75, 3.05) is 26.0 Å². The van der Waals surface area contributed by atoms with Gasteiger partial charge in [0.1, 0.15) is 16.3 Å². The molecule has 0 radical (unpaired) electrons. The second-order valence-corrected chi connectivity index (χ2v) is 10.6. The molecule has 1 aromatic carbocycles. The fraction of sp³-hybridized carbons (Fsp3) is 0.320. The Morgan fingerprint density at radius 2 is 2.06 bits per heavy atom. The summed E-state index contributed by atoms with van der Waals surface area (Å²) >= 11 is 8.08. The van der Waals surface area contributed by atoms with Gasteiger partial charge in [-0.25, -0.2) is 9.97 Å². The Morgan fingerprint density at radius 1 is 1.26 bits per heavy atom. The van der Waals surface area contributed by atoms with Crippen molar-refractivity contribution in [1.29, 1.82) is 0 Å². The number of anilines is 1. The first-order chi connectivity index (χ1) is 16.2. The van der Waals surface area contributed by atoms with Crippen LogP contribution in [-0.2, 0) is 10.4 Å². The lowest BCUT2D eigenvalue weighted by atomic mass is 9.81. The summed E-state index contributed by atoms with van der Waals surface area (Å²) in [5.41, 5.74) is 4.51. The zero-order chi connectivity index (χ0) is 24.0. The van der Waals surface area contributed by atoms with Crippen LogP contribution in [0.1, 0.15) is 29.8 Å². The summed E-state index contributed by atoms with van der Waals surface area (Å²) in [4.78, 5) is 27.2. The smallest absolute Gasteiger partial charge is 0.238 e. The van der Waals surface area contributed by atoms with Crippen molar-refractivity contribution in [2.45, 2.75) is 31.8 Å². The van der Waals surface area contributed by atoms with Crippen molar-refractivity contribution in [3.63, 3.8) is 0 Å². The molecule has 0 aliphatic heterocycles. The van der Waals surface area contributed by atoms with Crippen molar-refractivity contribution in [2.24, 2.45) is 0 Å². The number of nitrogens with one attached hydrogen (secondary N) is 2. The molecule has 0 unspecified atom stereocenters. The van der Waals surface area contributed by atoms with E-state index in [1.165, 1.54) is 11.3 Å². The molecule has 3 N–H and O–H groups in total. The summed E-state index contributed by atoms with van der Waals surface area (Å²) < 4.78 is 0. The maximum Gasteiger partial charge on any atom is 0.238 e. The number of halogens is 1. The Balaban J connectivity index is 1.49. The molecule has 1 saturated carbocycles. The predicted molar refractivity (Wildman–Crippen MR) is 137 cm³/mol. The van der Waals surface area contributed by atoms with Crippen molar-refractivity contribution in [1.82, 2.24) is 19.9 Å². The third kappa shape index (κ3) is 4.22. The number of amides is 1. The van der Waals surface area contributed by atoms with Gasteiger partial charge in [0.05, 0.1) is 16.4 Å². The first-order valence-corrected chi connectivity index (χ1v) is 12.3. The molecule has 1 aliphatic carbocycles. The van der Waals surface area contributed by atoms with Gasteiger partial charge in [-0.3, -0.25) is 4.79 Å². The number of thiazole rings is 1. The Labute approximate surface area is 206 Å². The van der Waals surface area contributed by atoms with Gasteiger partial charge in [-0.15, -0.1) is 11.3 Å². The van der Waals surface area contributed by atoms with Gasteiger partial charge < -0.3 is 20.3 Å². The number of aliphatic hydroxyl groups is 1. The molecule has 1 amide bonds. The Bertz CT molecular complexity index is 1390. The van der Waals surface area contributed by atoms with Crippen LogP contribution in [0.25, 0.3) is 32.7 Å². The molecule has 1 aliphatic rings. The minimum atomic E-state index is -0.800. The molecular formula is C25H26ClN5O2S. The quantitative estimate of drug-likeness (QED) is 0.342. The molecule has 34 heavy (non-hydrogen) atoms. The standard InChI is InChI=1S/C25H26ClN5O2S/c1-14-9-15(29-21(32)13-31(2)3)5-6-16(14)19-10-17-22(18(26)11-27-23(17)30-19)20-12-28-24(34-20)25(33)7-4-8-25/h5-6,9-12,33H,4,7-8,13H2,1-3H3,(H,27,30)(H,29,32). The average Bonchev–Trinajstić information content (AvgIpc) is 3.39. The number of likely N-dealkylation sites (N-methyl/N-ethyl adjacent to an activating group) is 1. The maximum atomic E-state index is 12.1. The number of carbonyl (C=O) groups is 1. The van der Waals surface area contributed by atoms with Crippen molar-refractivity contribution in [3.8, 4) is 21.7 Å². The van der Waals surface area contributed by atoms with Gasteiger partial charge in [0.2, 0.25) is 5.91 Å². The molecular weight excluding hydrogens is 470 g/mol.